The molecule has 2 heterocycles. The lowest BCUT2D eigenvalue weighted by atomic mass is 10.1. The molecule has 0 saturated heterocycles. The number of aliphatic hydroxyl groups excluding tert-OH is 1. The van der Waals surface area contributed by atoms with E-state index in [0.717, 1.165) is 10.9 Å². The summed E-state index contributed by atoms with van der Waals surface area (Å²) in [5.41, 5.74) is 1.46. The number of hydrogen-bond acceptors (Lipinski definition) is 6. The molecule has 0 bridgehead atoms. The number of nitrogens with one attached hydrogen (secondary N) is 1. The zero-order chi connectivity index (χ0) is 19.6. The van der Waals surface area contributed by atoms with Gasteiger partial charge in [0.25, 0.3) is 0 Å². The maximum Gasteiger partial charge on any atom is 0.307 e. The van der Waals surface area contributed by atoms with Gasteiger partial charge in [0.05, 0.1) is 27.9 Å². The van der Waals surface area contributed by atoms with Crippen molar-refractivity contribution in [3.8, 4) is 10.7 Å². The number of aliphatic hydroxyl groups is 1. The number of carboxylic acid groups (broad SMARTS) is 1. The SMILES string of the molecule is Cc1nc(-c2ccc(Cl)s2)nc(Nc2ccc(CC(=O)O)cc2F)c1CO. The van der Waals surface area contributed by atoms with Gasteiger partial charge in [0.15, 0.2) is 5.82 Å². The summed E-state index contributed by atoms with van der Waals surface area (Å²) >= 11 is 7.27. The molecule has 9 heteroatoms. The van der Waals surface area contributed by atoms with Gasteiger partial charge in [-0.2, -0.15) is 0 Å². The second kappa shape index (κ2) is 7.99. The summed E-state index contributed by atoms with van der Waals surface area (Å²) in [6, 6.07) is 7.63. The molecule has 0 atom stereocenters. The Morgan fingerprint density at radius 3 is 2.67 bits per heavy atom. The summed E-state index contributed by atoms with van der Waals surface area (Å²) in [4.78, 5) is 20.3. The minimum atomic E-state index is -1.04. The molecule has 0 spiro atoms. The zero-order valence-corrected chi connectivity index (χ0v) is 15.7. The average Bonchev–Trinajstić information content (AvgIpc) is 3.03. The van der Waals surface area contributed by atoms with Crippen molar-refractivity contribution in [2.45, 2.75) is 20.0 Å². The molecule has 1 aromatic carbocycles. The topological polar surface area (TPSA) is 95.3 Å². The van der Waals surface area contributed by atoms with Crippen LogP contribution in [0.25, 0.3) is 10.7 Å². The Balaban J connectivity index is 1.98. The van der Waals surface area contributed by atoms with E-state index in [1.165, 1.54) is 23.5 Å². The first-order valence-electron chi connectivity index (χ1n) is 7.88. The normalized spacial score (nSPS) is 10.8. The van der Waals surface area contributed by atoms with E-state index in [2.05, 4.69) is 15.3 Å². The zero-order valence-electron chi connectivity index (χ0n) is 14.2. The van der Waals surface area contributed by atoms with Gasteiger partial charge in [-0.25, -0.2) is 14.4 Å². The van der Waals surface area contributed by atoms with Crippen LogP contribution in [0, 0.1) is 12.7 Å². The fourth-order valence-electron chi connectivity index (χ4n) is 2.51. The molecule has 3 aromatic rings. The summed E-state index contributed by atoms with van der Waals surface area (Å²) in [6.45, 7) is 1.40. The molecular formula is C18H15ClFN3O3S. The van der Waals surface area contributed by atoms with E-state index >= 15 is 0 Å². The molecular weight excluding hydrogens is 393 g/mol. The van der Waals surface area contributed by atoms with Crippen molar-refractivity contribution in [2.24, 2.45) is 0 Å². The number of halogens is 2. The number of aromatic nitrogens is 2. The maximum atomic E-state index is 14.4. The van der Waals surface area contributed by atoms with Crippen molar-refractivity contribution in [1.82, 2.24) is 9.97 Å². The molecule has 0 amide bonds. The molecule has 0 radical (unpaired) electrons. The average molecular weight is 408 g/mol. The number of carboxylic acids is 1. The third kappa shape index (κ3) is 4.41. The molecule has 0 aliphatic rings. The molecule has 27 heavy (non-hydrogen) atoms. The first-order valence-corrected chi connectivity index (χ1v) is 9.08. The number of rotatable bonds is 6. The highest BCUT2D eigenvalue weighted by Crippen LogP contribution is 2.32. The number of anilines is 2. The van der Waals surface area contributed by atoms with E-state index < -0.39 is 11.8 Å². The smallest absolute Gasteiger partial charge is 0.307 e. The van der Waals surface area contributed by atoms with Crippen LogP contribution in [-0.2, 0) is 17.8 Å². The Bertz CT molecular complexity index is 1010. The molecule has 0 unspecified atom stereocenters. The van der Waals surface area contributed by atoms with Crippen molar-refractivity contribution in [3.63, 3.8) is 0 Å². The molecule has 0 aliphatic carbocycles. The summed E-state index contributed by atoms with van der Waals surface area (Å²) in [5, 5.41) is 21.3. The minimum Gasteiger partial charge on any atom is -0.481 e. The van der Waals surface area contributed by atoms with Gasteiger partial charge in [-0.3, -0.25) is 4.79 Å². The van der Waals surface area contributed by atoms with Crippen LogP contribution in [0.2, 0.25) is 4.34 Å². The summed E-state index contributed by atoms with van der Waals surface area (Å²) in [7, 11) is 0. The lowest BCUT2D eigenvalue weighted by Crippen LogP contribution is -2.07. The largest absolute Gasteiger partial charge is 0.481 e. The molecule has 3 N–H and O–H groups in total. The quantitative estimate of drug-likeness (QED) is 0.567. The monoisotopic (exact) mass is 407 g/mol. The fraction of sp³-hybridized carbons (Fsp3) is 0.167. The van der Waals surface area contributed by atoms with Crippen LogP contribution in [-0.4, -0.2) is 26.2 Å². The van der Waals surface area contributed by atoms with Gasteiger partial charge in [0.1, 0.15) is 11.6 Å². The van der Waals surface area contributed by atoms with Crippen LogP contribution in [0.5, 0.6) is 0 Å². The number of aryl methyl sites for hydroxylation is 1. The van der Waals surface area contributed by atoms with Crippen molar-refractivity contribution < 1.29 is 19.4 Å². The van der Waals surface area contributed by atoms with Gasteiger partial charge >= 0.3 is 5.97 Å². The van der Waals surface area contributed by atoms with Gasteiger partial charge in [-0.05, 0) is 36.8 Å². The molecule has 0 saturated carbocycles. The first kappa shape index (κ1) is 19.2. The number of carbonyl (C=O) groups is 1. The van der Waals surface area contributed by atoms with Gasteiger partial charge < -0.3 is 15.5 Å². The van der Waals surface area contributed by atoms with Gasteiger partial charge in [0.2, 0.25) is 0 Å². The number of nitrogens with zero attached hydrogens (tertiary/aromatic N) is 2. The van der Waals surface area contributed by atoms with Crippen LogP contribution < -0.4 is 5.32 Å². The van der Waals surface area contributed by atoms with Crippen LogP contribution in [0.4, 0.5) is 15.9 Å². The van der Waals surface area contributed by atoms with Crippen LogP contribution in [0.15, 0.2) is 30.3 Å². The second-order valence-electron chi connectivity index (χ2n) is 5.73. The van der Waals surface area contributed by atoms with Crippen molar-refractivity contribution in [1.29, 1.82) is 0 Å². The molecule has 140 valence electrons. The Morgan fingerprint density at radius 2 is 2.07 bits per heavy atom. The number of hydrogen-bond donors (Lipinski definition) is 3. The summed E-state index contributed by atoms with van der Waals surface area (Å²) in [6.07, 6.45) is -0.269. The van der Waals surface area contributed by atoms with Gasteiger partial charge in [0, 0.05) is 11.3 Å². The number of aliphatic carboxylic acids is 1. The highest BCUT2D eigenvalue weighted by Gasteiger charge is 2.15. The number of thiophene rings is 1. The van der Waals surface area contributed by atoms with Crippen LogP contribution >= 0.6 is 22.9 Å². The van der Waals surface area contributed by atoms with E-state index in [1.807, 2.05) is 0 Å². The Hall–Kier alpha value is -2.55. The van der Waals surface area contributed by atoms with E-state index in [4.69, 9.17) is 16.7 Å². The number of benzene rings is 1. The van der Waals surface area contributed by atoms with Crippen molar-refractivity contribution in [3.05, 3.63) is 57.3 Å². The predicted molar refractivity (Wildman–Crippen MR) is 102 cm³/mol. The summed E-state index contributed by atoms with van der Waals surface area (Å²) in [5.74, 6) is -0.973. The Labute approximate surface area is 163 Å². The van der Waals surface area contributed by atoms with Crippen molar-refractivity contribution in [2.75, 3.05) is 5.32 Å². The molecule has 3 rings (SSSR count). The third-order valence-corrected chi connectivity index (χ3v) is 5.03. The van der Waals surface area contributed by atoms with E-state index in [0.29, 0.717) is 27.0 Å². The highest BCUT2D eigenvalue weighted by molar-refractivity contribution is 7.19. The minimum absolute atomic E-state index is 0.118. The summed E-state index contributed by atoms with van der Waals surface area (Å²) < 4.78 is 15.0. The lowest BCUT2D eigenvalue weighted by molar-refractivity contribution is -0.136. The van der Waals surface area contributed by atoms with Gasteiger partial charge in [-0.1, -0.05) is 17.7 Å². The molecule has 6 nitrogen and oxygen atoms in total. The van der Waals surface area contributed by atoms with Crippen LogP contribution in [0.3, 0.4) is 0 Å². The third-order valence-electron chi connectivity index (χ3n) is 3.81. The van der Waals surface area contributed by atoms with Crippen molar-refractivity contribution >= 4 is 40.4 Å². The molecule has 0 aliphatic heterocycles. The van der Waals surface area contributed by atoms with E-state index in [9.17, 15) is 14.3 Å². The van der Waals surface area contributed by atoms with E-state index in [1.54, 1.807) is 19.1 Å². The standard InChI is InChI=1S/C18H15ClFN3O3S/c1-9-11(8-24)17(23-18(21-9)14-4-5-15(19)27-14)22-13-3-2-10(6-12(13)20)7-16(25)26/h2-6,24H,7-8H2,1H3,(H,25,26)(H,21,22,23). The predicted octanol–water partition coefficient (Wildman–Crippen LogP) is 4.17. The Morgan fingerprint density at radius 1 is 1.30 bits per heavy atom. The van der Waals surface area contributed by atoms with Crippen LogP contribution in [0.1, 0.15) is 16.8 Å². The van der Waals surface area contributed by atoms with E-state index in [-0.39, 0.29) is 24.5 Å². The second-order valence-corrected chi connectivity index (χ2v) is 7.45. The fourth-order valence-corrected chi connectivity index (χ4v) is 3.48. The Kier molecular flexibility index (Phi) is 5.69. The molecule has 0 fully saturated rings. The molecule has 2 aromatic heterocycles. The lowest BCUT2D eigenvalue weighted by Gasteiger charge is -2.14. The van der Waals surface area contributed by atoms with Gasteiger partial charge in [-0.15, -0.1) is 11.3 Å². The maximum absolute atomic E-state index is 14.4. The first-order chi connectivity index (χ1) is 12.9. The highest BCUT2D eigenvalue weighted by atomic mass is 35.5.